The minimum absolute atomic E-state index is 0.0317. The first-order valence-corrected chi connectivity index (χ1v) is 6.14. The summed E-state index contributed by atoms with van der Waals surface area (Å²) in [5, 5.41) is 25.6. The lowest BCUT2D eigenvalue weighted by Crippen LogP contribution is -2.13. The van der Waals surface area contributed by atoms with Gasteiger partial charge in [-0.2, -0.15) is 0 Å². The molecule has 1 rings (SSSR count). The number of ether oxygens (including phenoxy) is 1. The first-order chi connectivity index (χ1) is 9.20. The molecule has 106 valence electrons. The molecule has 0 atom stereocenters. The molecule has 0 aliphatic heterocycles. The summed E-state index contributed by atoms with van der Waals surface area (Å²) in [5.41, 5.74) is 0.983. The fourth-order valence-electron chi connectivity index (χ4n) is 1.64. The Morgan fingerprint density at radius 2 is 2.00 bits per heavy atom. The number of hydrogen-bond acceptors (Lipinski definition) is 6. The summed E-state index contributed by atoms with van der Waals surface area (Å²) in [5.74, 6) is 0. The summed E-state index contributed by atoms with van der Waals surface area (Å²) in [4.78, 5) is 10.7. The number of anilines is 2. The summed E-state index contributed by atoms with van der Waals surface area (Å²) in [6.45, 7) is 3.55. The first-order valence-electron chi connectivity index (χ1n) is 6.14. The second kappa shape index (κ2) is 8.28. The zero-order chi connectivity index (χ0) is 14.1. The third-order valence-electron chi connectivity index (χ3n) is 2.38. The van der Waals surface area contributed by atoms with Crippen LogP contribution >= 0.6 is 0 Å². The van der Waals surface area contributed by atoms with Gasteiger partial charge in [-0.25, -0.2) is 0 Å². The van der Waals surface area contributed by atoms with Crippen molar-refractivity contribution in [3.05, 3.63) is 28.3 Å². The van der Waals surface area contributed by atoms with Crippen LogP contribution < -0.4 is 10.6 Å². The Morgan fingerprint density at radius 3 is 2.58 bits per heavy atom. The van der Waals surface area contributed by atoms with Crippen molar-refractivity contribution in [1.29, 1.82) is 0 Å². The van der Waals surface area contributed by atoms with Crippen LogP contribution in [0.4, 0.5) is 17.1 Å². The van der Waals surface area contributed by atoms with Gasteiger partial charge >= 0.3 is 5.69 Å². The molecule has 0 aliphatic carbocycles. The van der Waals surface area contributed by atoms with Gasteiger partial charge in [-0.1, -0.05) is 6.07 Å². The zero-order valence-corrected chi connectivity index (χ0v) is 10.9. The molecular formula is C12H19N3O4. The zero-order valence-electron chi connectivity index (χ0n) is 10.9. The molecule has 0 aliphatic rings. The van der Waals surface area contributed by atoms with Gasteiger partial charge in [0.1, 0.15) is 11.4 Å². The summed E-state index contributed by atoms with van der Waals surface area (Å²) in [6, 6.07) is 5.09. The number of aliphatic hydroxyl groups is 1. The Bertz CT molecular complexity index is 412. The van der Waals surface area contributed by atoms with E-state index in [1.54, 1.807) is 18.2 Å². The van der Waals surface area contributed by atoms with Crippen molar-refractivity contribution in [2.75, 3.05) is 43.5 Å². The Kier molecular flexibility index (Phi) is 6.62. The largest absolute Gasteiger partial charge is 0.394 e. The maximum Gasteiger partial charge on any atom is 0.315 e. The van der Waals surface area contributed by atoms with Crippen molar-refractivity contribution in [2.45, 2.75) is 6.92 Å². The van der Waals surface area contributed by atoms with Gasteiger partial charge in [-0.3, -0.25) is 10.1 Å². The van der Waals surface area contributed by atoms with E-state index >= 15 is 0 Å². The molecule has 19 heavy (non-hydrogen) atoms. The number of nitrogens with zero attached hydrogens (tertiary/aromatic N) is 1. The van der Waals surface area contributed by atoms with Crippen LogP contribution in [0.3, 0.4) is 0 Å². The summed E-state index contributed by atoms with van der Waals surface area (Å²) < 4.78 is 5.08. The van der Waals surface area contributed by atoms with E-state index in [9.17, 15) is 10.1 Å². The lowest BCUT2D eigenvalue weighted by atomic mass is 10.2. The molecule has 0 fully saturated rings. The molecule has 0 amide bonds. The topological polar surface area (TPSA) is 96.7 Å². The lowest BCUT2D eigenvalue weighted by molar-refractivity contribution is -0.383. The standard InChI is InChI=1S/C12H19N3O4/c1-2-13-10-4-3-5-11(12(10)15(17)18)14-6-8-19-9-7-16/h3-5,13-14,16H,2,6-9H2,1H3. The van der Waals surface area contributed by atoms with Crippen LogP contribution in [-0.2, 0) is 4.74 Å². The first kappa shape index (κ1) is 15.2. The fraction of sp³-hybridized carbons (Fsp3) is 0.500. The molecular weight excluding hydrogens is 250 g/mol. The molecule has 0 radical (unpaired) electrons. The fourth-order valence-corrected chi connectivity index (χ4v) is 1.64. The summed E-state index contributed by atoms with van der Waals surface area (Å²) in [6.07, 6.45) is 0. The normalized spacial score (nSPS) is 10.2. The number of rotatable bonds is 9. The number of para-hydroxylation sites is 1. The highest BCUT2D eigenvalue weighted by Crippen LogP contribution is 2.32. The summed E-state index contributed by atoms with van der Waals surface area (Å²) in [7, 11) is 0. The van der Waals surface area contributed by atoms with E-state index in [0.29, 0.717) is 31.1 Å². The van der Waals surface area contributed by atoms with Crippen molar-refractivity contribution in [1.82, 2.24) is 0 Å². The third kappa shape index (κ3) is 4.72. The molecule has 7 nitrogen and oxygen atoms in total. The Hall–Kier alpha value is -1.86. The van der Waals surface area contributed by atoms with E-state index in [2.05, 4.69) is 10.6 Å². The Labute approximate surface area is 111 Å². The van der Waals surface area contributed by atoms with Crippen LogP contribution in [0.2, 0.25) is 0 Å². The smallest absolute Gasteiger partial charge is 0.315 e. The van der Waals surface area contributed by atoms with Crippen molar-refractivity contribution < 1.29 is 14.8 Å². The van der Waals surface area contributed by atoms with Crippen LogP contribution in [0.1, 0.15) is 6.92 Å². The second-order valence-electron chi connectivity index (χ2n) is 3.75. The number of aliphatic hydroxyl groups excluding tert-OH is 1. The van der Waals surface area contributed by atoms with Gasteiger partial charge in [0, 0.05) is 13.1 Å². The molecule has 0 saturated heterocycles. The highest BCUT2D eigenvalue weighted by Gasteiger charge is 2.18. The third-order valence-corrected chi connectivity index (χ3v) is 2.38. The Balaban J connectivity index is 2.70. The molecule has 0 saturated carbocycles. The van der Waals surface area contributed by atoms with E-state index in [1.165, 1.54) is 0 Å². The van der Waals surface area contributed by atoms with Crippen LogP contribution in [0.5, 0.6) is 0 Å². The highest BCUT2D eigenvalue weighted by molar-refractivity contribution is 5.76. The number of benzene rings is 1. The van der Waals surface area contributed by atoms with E-state index in [1.807, 2.05) is 6.92 Å². The minimum atomic E-state index is -0.408. The van der Waals surface area contributed by atoms with Gasteiger partial charge in [0.05, 0.1) is 24.7 Å². The van der Waals surface area contributed by atoms with Gasteiger partial charge < -0.3 is 20.5 Å². The molecule has 0 aromatic heterocycles. The van der Waals surface area contributed by atoms with E-state index in [4.69, 9.17) is 9.84 Å². The lowest BCUT2D eigenvalue weighted by Gasteiger charge is -2.10. The number of nitro groups is 1. The second-order valence-corrected chi connectivity index (χ2v) is 3.75. The average Bonchev–Trinajstić information content (AvgIpc) is 2.38. The maximum absolute atomic E-state index is 11.1. The SMILES string of the molecule is CCNc1cccc(NCCOCCO)c1[N+](=O)[O-]. The van der Waals surface area contributed by atoms with Crippen LogP contribution in [-0.4, -0.2) is 42.9 Å². The van der Waals surface area contributed by atoms with Crippen molar-refractivity contribution >= 4 is 17.1 Å². The van der Waals surface area contributed by atoms with Crippen molar-refractivity contribution in [2.24, 2.45) is 0 Å². The molecule has 7 heteroatoms. The summed E-state index contributed by atoms with van der Waals surface area (Å²) >= 11 is 0. The highest BCUT2D eigenvalue weighted by atomic mass is 16.6. The van der Waals surface area contributed by atoms with E-state index < -0.39 is 4.92 Å². The van der Waals surface area contributed by atoms with Gasteiger partial charge in [0.15, 0.2) is 0 Å². The molecule has 3 N–H and O–H groups in total. The molecule has 0 heterocycles. The van der Waals surface area contributed by atoms with Gasteiger partial charge in [-0.05, 0) is 19.1 Å². The molecule has 0 bridgehead atoms. The number of nitro benzene ring substituents is 1. The quantitative estimate of drug-likeness (QED) is 0.356. The van der Waals surface area contributed by atoms with Gasteiger partial charge in [0.2, 0.25) is 0 Å². The van der Waals surface area contributed by atoms with E-state index in [0.717, 1.165) is 0 Å². The van der Waals surface area contributed by atoms with Crippen molar-refractivity contribution in [3.63, 3.8) is 0 Å². The minimum Gasteiger partial charge on any atom is -0.394 e. The van der Waals surface area contributed by atoms with Crippen molar-refractivity contribution in [3.8, 4) is 0 Å². The number of hydrogen-bond donors (Lipinski definition) is 3. The molecule has 0 unspecified atom stereocenters. The van der Waals surface area contributed by atoms with Crippen LogP contribution in [0.25, 0.3) is 0 Å². The average molecular weight is 269 g/mol. The predicted molar refractivity (Wildman–Crippen MR) is 73.7 cm³/mol. The maximum atomic E-state index is 11.1. The van der Waals surface area contributed by atoms with Gasteiger partial charge in [0.25, 0.3) is 0 Å². The predicted octanol–water partition coefficient (Wildman–Crippen LogP) is 1.45. The van der Waals surface area contributed by atoms with Crippen LogP contribution in [0.15, 0.2) is 18.2 Å². The Morgan fingerprint density at radius 1 is 1.32 bits per heavy atom. The van der Waals surface area contributed by atoms with E-state index in [-0.39, 0.29) is 18.9 Å². The van der Waals surface area contributed by atoms with Gasteiger partial charge in [-0.15, -0.1) is 0 Å². The molecule has 1 aromatic rings. The molecule has 1 aromatic carbocycles. The molecule has 0 spiro atoms. The monoisotopic (exact) mass is 269 g/mol. The number of nitrogens with one attached hydrogen (secondary N) is 2. The van der Waals surface area contributed by atoms with Crippen LogP contribution in [0, 0.1) is 10.1 Å².